The number of hydrogen-bond acceptors (Lipinski definition) is 4. The van der Waals surface area contributed by atoms with Gasteiger partial charge < -0.3 is 14.3 Å². The van der Waals surface area contributed by atoms with Crippen LogP contribution in [0.25, 0.3) is 0 Å². The largest absolute Gasteiger partial charge is 0.493 e. The molecule has 0 aliphatic rings. The number of nitrogens with zero attached hydrogens (tertiary/aromatic N) is 1. The van der Waals surface area contributed by atoms with Crippen molar-refractivity contribution < 1.29 is 14.3 Å². The number of aryl methyl sites for hydroxylation is 1. The van der Waals surface area contributed by atoms with E-state index in [0.717, 1.165) is 17.5 Å². The van der Waals surface area contributed by atoms with E-state index in [1.54, 1.807) is 32.4 Å². The quantitative estimate of drug-likeness (QED) is 0.361. The van der Waals surface area contributed by atoms with E-state index in [0.29, 0.717) is 39.4 Å². The number of halogens is 2. The van der Waals surface area contributed by atoms with Crippen LogP contribution in [-0.4, -0.2) is 26.5 Å². The fraction of sp³-hybridized carbons (Fsp3) is 0.316. The molecule has 0 radical (unpaired) electrons. The molecule has 0 N–H and O–H groups in total. The highest BCUT2D eigenvalue weighted by atomic mass is 35.5. The summed E-state index contributed by atoms with van der Waals surface area (Å²) in [4.78, 5) is 5.45. The Hall–Kier alpha value is -1.91. The van der Waals surface area contributed by atoms with E-state index in [-0.39, 0.29) is 0 Å². The van der Waals surface area contributed by atoms with Gasteiger partial charge >= 0.3 is 0 Å². The van der Waals surface area contributed by atoms with E-state index in [1.165, 1.54) is 0 Å². The summed E-state index contributed by atoms with van der Waals surface area (Å²) in [5.41, 5.74) is 2.93. The van der Waals surface area contributed by atoms with Crippen molar-refractivity contribution >= 4 is 28.9 Å². The van der Waals surface area contributed by atoms with E-state index >= 15 is 0 Å². The molecule has 2 aromatic carbocycles. The van der Waals surface area contributed by atoms with Crippen molar-refractivity contribution in [2.45, 2.75) is 20.3 Å². The topological polar surface area (TPSA) is 40.0 Å². The average molecular weight is 382 g/mol. The van der Waals surface area contributed by atoms with Crippen LogP contribution in [-0.2, 0) is 4.84 Å². The molecule has 0 aromatic heterocycles. The first-order valence-electron chi connectivity index (χ1n) is 7.90. The Balaban J connectivity index is 2.67. The minimum Gasteiger partial charge on any atom is -0.493 e. The molecule has 0 unspecified atom stereocenters. The van der Waals surface area contributed by atoms with Crippen molar-refractivity contribution in [2.24, 2.45) is 5.16 Å². The Labute approximate surface area is 158 Å². The van der Waals surface area contributed by atoms with Gasteiger partial charge in [-0.1, -0.05) is 41.3 Å². The average Bonchev–Trinajstić information content (AvgIpc) is 2.60. The first kappa shape index (κ1) is 19.4. The Morgan fingerprint density at radius 1 is 1.04 bits per heavy atom. The van der Waals surface area contributed by atoms with Gasteiger partial charge in [0.25, 0.3) is 0 Å². The lowest BCUT2D eigenvalue weighted by atomic mass is 9.97. The van der Waals surface area contributed by atoms with Gasteiger partial charge in [0.15, 0.2) is 11.5 Å². The number of methoxy groups -OCH3 is 2. The number of rotatable bonds is 7. The van der Waals surface area contributed by atoms with E-state index in [9.17, 15) is 0 Å². The third-order valence-electron chi connectivity index (χ3n) is 3.64. The zero-order valence-electron chi connectivity index (χ0n) is 14.7. The lowest BCUT2D eigenvalue weighted by Gasteiger charge is -2.16. The van der Waals surface area contributed by atoms with Gasteiger partial charge in [-0.3, -0.25) is 0 Å². The lowest BCUT2D eigenvalue weighted by Crippen LogP contribution is -2.09. The number of benzene rings is 2. The van der Waals surface area contributed by atoms with Crippen LogP contribution in [0.1, 0.15) is 30.0 Å². The predicted molar refractivity (Wildman–Crippen MR) is 103 cm³/mol. The monoisotopic (exact) mass is 381 g/mol. The molecule has 0 atom stereocenters. The first-order chi connectivity index (χ1) is 12.0. The maximum atomic E-state index is 6.39. The van der Waals surface area contributed by atoms with Gasteiger partial charge in [0, 0.05) is 11.1 Å². The zero-order valence-corrected chi connectivity index (χ0v) is 16.2. The molecule has 6 heteroatoms. The van der Waals surface area contributed by atoms with Gasteiger partial charge in [0.05, 0.1) is 24.3 Å². The van der Waals surface area contributed by atoms with Gasteiger partial charge in [0.2, 0.25) is 0 Å². The highest BCUT2D eigenvalue weighted by Crippen LogP contribution is 2.34. The van der Waals surface area contributed by atoms with E-state index in [4.69, 9.17) is 37.5 Å². The molecule has 0 heterocycles. The van der Waals surface area contributed by atoms with Crippen molar-refractivity contribution in [3.63, 3.8) is 0 Å². The smallest absolute Gasteiger partial charge is 0.161 e. The molecule has 0 fully saturated rings. The third kappa shape index (κ3) is 4.39. The molecule has 0 saturated heterocycles. The number of hydrogen-bond donors (Lipinski definition) is 0. The van der Waals surface area contributed by atoms with Crippen molar-refractivity contribution in [2.75, 3.05) is 20.8 Å². The minimum absolute atomic E-state index is 0.498. The van der Waals surface area contributed by atoms with Crippen LogP contribution < -0.4 is 9.47 Å². The zero-order chi connectivity index (χ0) is 18.4. The van der Waals surface area contributed by atoms with Crippen LogP contribution in [0.5, 0.6) is 11.5 Å². The maximum Gasteiger partial charge on any atom is 0.161 e. The summed E-state index contributed by atoms with van der Waals surface area (Å²) < 4.78 is 10.8. The summed E-state index contributed by atoms with van der Waals surface area (Å²) in [7, 11) is 3.19. The highest BCUT2D eigenvalue weighted by molar-refractivity contribution is 6.41. The Bertz CT molecular complexity index is 755. The summed E-state index contributed by atoms with van der Waals surface area (Å²) in [6.45, 7) is 4.47. The second-order valence-corrected chi connectivity index (χ2v) is 6.21. The van der Waals surface area contributed by atoms with Crippen LogP contribution in [0.4, 0.5) is 0 Å². The van der Waals surface area contributed by atoms with Gasteiger partial charge in [-0.15, -0.1) is 0 Å². The Kier molecular flexibility index (Phi) is 6.97. The minimum atomic E-state index is 0.498. The van der Waals surface area contributed by atoms with E-state index < -0.39 is 0 Å². The molecule has 2 rings (SSSR count). The molecule has 0 amide bonds. The molecular weight excluding hydrogens is 361 g/mol. The predicted octanol–water partition coefficient (Wildman–Crippen LogP) is 5.50. The summed E-state index contributed by atoms with van der Waals surface area (Å²) in [6.07, 6.45) is 0.845. The molecule has 2 aromatic rings. The lowest BCUT2D eigenvalue weighted by molar-refractivity contribution is 0.145. The summed E-state index contributed by atoms with van der Waals surface area (Å²) in [5, 5.41) is 5.32. The van der Waals surface area contributed by atoms with Crippen molar-refractivity contribution in [1.82, 2.24) is 0 Å². The van der Waals surface area contributed by atoms with Crippen LogP contribution in [0.3, 0.4) is 0 Å². The van der Waals surface area contributed by atoms with Crippen LogP contribution in [0.2, 0.25) is 10.0 Å². The number of oxime groups is 1. The van der Waals surface area contributed by atoms with Crippen molar-refractivity contribution in [3.8, 4) is 11.5 Å². The molecule has 0 bridgehead atoms. The molecule has 0 spiro atoms. The van der Waals surface area contributed by atoms with Crippen molar-refractivity contribution in [1.29, 1.82) is 0 Å². The summed E-state index contributed by atoms with van der Waals surface area (Å²) in [5.74, 6) is 1.23. The molecule has 134 valence electrons. The fourth-order valence-electron chi connectivity index (χ4n) is 2.39. The summed E-state index contributed by atoms with van der Waals surface area (Å²) >= 11 is 12.8. The summed E-state index contributed by atoms with van der Waals surface area (Å²) in [6, 6.07) is 9.07. The van der Waals surface area contributed by atoms with Crippen LogP contribution >= 0.6 is 23.2 Å². The fourth-order valence-corrected chi connectivity index (χ4v) is 2.97. The second-order valence-electron chi connectivity index (χ2n) is 5.39. The number of ether oxygens (including phenoxy) is 2. The maximum absolute atomic E-state index is 6.39. The van der Waals surface area contributed by atoms with Crippen LogP contribution in [0, 0.1) is 6.92 Å². The van der Waals surface area contributed by atoms with Crippen LogP contribution in [0.15, 0.2) is 35.5 Å². The Morgan fingerprint density at radius 3 is 2.20 bits per heavy atom. The van der Waals surface area contributed by atoms with Gasteiger partial charge in [0.1, 0.15) is 12.3 Å². The van der Waals surface area contributed by atoms with Crippen molar-refractivity contribution in [3.05, 3.63) is 57.1 Å². The van der Waals surface area contributed by atoms with E-state index in [1.807, 2.05) is 26.0 Å². The molecule has 0 aliphatic carbocycles. The molecule has 4 nitrogen and oxygen atoms in total. The second kappa shape index (κ2) is 8.97. The van der Waals surface area contributed by atoms with Gasteiger partial charge in [-0.25, -0.2) is 0 Å². The first-order valence-corrected chi connectivity index (χ1v) is 8.66. The molecular formula is C19H21Cl2NO3. The van der Waals surface area contributed by atoms with E-state index in [2.05, 4.69) is 5.16 Å². The third-order valence-corrected chi connectivity index (χ3v) is 4.27. The molecule has 0 aliphatic heterocycles. The van der Waals surface area contributed by atoms with Gasteiger partial charge in [-0.2, -0.15) is 0 Å². The SMILES string of the molecule is CCCON=C(c1cc(OC)c(OC)cc1C)c1c(Cl)cccc1Cl. The normalized spacial score (nSPS) is 11.4. The molecule has 0 saturated carbocycles. The van der Waals surface area contributed by atoms with Gasteiger partial charge in [-0.05, 0) is 43.2 Å². The highest BCUT2D eigenvalue weighted by Gasteiger charge is 2.20. The standard InChI is InChI=1S/C19H21Cl2NO3/c1-5-9-25-22-19(18-14(20)7-6-8-15(18)21)13-11-17(24-4)16(23-3)10-12(13)2/h6-8,10-11H,5,9H2,1-4H3. The molecule has 25 heavy (non-hydrogen) atoms. The Morgan fingerprint density at radius 2 is 1.64 bits per heavy atom.